The van der Waals surface area contributed by atoms with Crippen LogP contribution in [0.15, 0.2) is 36.4 Å². The van der Waals surface area contributed by atoms with E-state index in [4.69, 9.17) is 9.47 Å². The first kappa shape index (κ1) is 21.8. The molecular weight excluding hydrogens is 368 g/mol. The van der Waals surface area contributed by atoms with Crippen molar-refractivity contribution < 1.29 is 24.8 Å². The highest BCUT2D eigenvalue weighted by Crippen LogP contribution is 2.38. The summed E-state index contributed by atoms with van der Waals surface area (Å²) < 4.78 is 11.4. The average Bonchev–Trinajstić information content (AvgIpc) is 2.70. The molecule has 5 heteroatoms. The minimum atomic E-state index is -0.541. The zero-order chi connectivity index (χ0) is 21.0. The van der Waals surface area contributed by atoms with Crippen LogP contribution in [0.2, 0.25) is 0 Å². The van der Waals surface area contributed by atoms with Crippen LogP contribution < -0.4 is 4.74 Å². The lowest BCUT2D eigenvalue weighted by Crippen LogP contribution is -2.33. The third-order valence-corrected chi connectivity index (χ3v) is 5.66. The van der Waals surface area contributed by atoms with E-state index < -0.39 is 19.0 Å². The second-order valence-electron chi connectivity index (χ2n) is 8.22. The third kappa shape index (κ3) is 5.37. The number of ether oxygens (including phenoxy) is 2. The maximum atomic E-state index is 10.2. The van der Waals surface area contributed by atoms with Gasteiger partial charge >= 0.3 is 0 Å². The molecule has 0 saturated carbocycles. The summed E-state index contributed by atoms with van der Waals surface area (Å²) in [5.74, 6) is 1.06. The van der Waals surface area contributed by atoms with E-state index in [-0.39, 0.29) is 12.7 Å². The normalized spacial score (nSPS) is 22.1. The van der Waals surface area contributed by atoms with Gasteiger partial charge in [0.2, 0.25) is 0 Å². The summed E-state index contributed by atoms with van der Waals surface area (Å²) in [5, 5.41) is 29.0. The molecule has 1 heterocycles. The Morgan fingerprint density at radius 3 is 2.45 bits per heavy atom. The van der Waals surface area contributed by atoms with Crippen molar-refractivity contribution in [3.63, 3.8) is 0 Å². The third-order valence-electron chi connectivity index (χ3n) is 5.66. The molecule has 158 valence electrons. The molecule has 0 spiro atoms. The van der Waals surface area contributed by atoms with E-state index in [1.165, 1.54) is 11.1 Å². The van der Waals surface area contributed by atoms with Crippen molar-refractivity contribution in [1.82, 2.24) is 0 Å². The Balaban J connectivity index is 1.91. The Labute approximate surface area is 172 Å². The van der Waals surface area contributed by atoms with E-state index in [0.29, 0.717) is 24.5 Å². The fraction of sp³-hybridized carbons (Fsp3) is 0.500. The van der Waals surface area contributed by atoms with Crippen molar-refractivity contribution in [3.8, 4) is 5.75 Å². The van der Waals surface area contributed by atoms with Crippen LogP contribution in [0, 0.1) is 6.92 Å². The molecule has 3 rings (SSSR count). The molecule has 5 nitrogen and oxygen atoms in total. The molecule has 1 aliphatic heterocycles. The van der Waals surface area contributed by atoms with Gasteiger partial charge in [0.25, 0.3) is 0 Å². The molecule has 0 bridgehead atoms. The molecule has 0 radical (unpaired) electrons. The quantitative estimate of drug-likeness (QED) is 0.619. The Bertz CT molecular complexity index is 800. The van der Waals surface area contributed by atoms with E-state index in [1.54, 1.807) is 0 Å². The molecule has 0 aromatic heterocycles. The van der Waals surface area contributed by atoms with Gasteiger partial charge in [0.05, 0.1) is 24.9 Å². The van der Waals surface area contributed by atoms with Crippen LogP contribution in [0.1, 0.15) is 66.5 Å². The number of aliphatic hydroxyl groups is 3. The van der Waals surface area contributed by atoms with Crippen LogP contribution in [0.4, 0.5) is 0 Å². The van der Waals surface area contributed by atoms with Crippen LogP contribution in [0.25, 0.3) is 0 Å². The van der Waals surface area contributed by atoms with Crippen molar-refractivity contribution in [2.45, 2.75) is 64.3 Å². The minimum Gasteiger partial charge on any atom is -0.467 e. The van der Waals surface area contributed by atoms with Crippen LogP contribution >= 0.6 is 0 Å². The van der Waals surface area contributed by atoms with Crippen molar-refractivity contribution >= 4 is 0 Å². The summed E-state index contributed by atoms with van der Waals surface area (Å²) in [6.45, 7) is 5.83. The van der Waals surface area contributed by atoms with Crippen LogP contribution in [-0.4, -0.2) is 40.9 Å². The van der Waals surface area contributed by atoms with Gasteiger partial charge < -0.3 is 24.8 Å². The second kappa shape index (κ2) is 9.72. The fourth-order valence-corrected chi connectivity index (χ4v) is 3.93. The zero-order valence-electron chi connectivity index (χ0n) is 17.5. The SMILES string of the molecule is Cc1cc(OCO)c(C2CC(O)CC(CO)O2)cc1Cc1ccc(C(C)C)cc1. The van der Waals surface area contributed by atoms with Crippen LogP contribution in [0.5, 0.6) is 5.75 Å². The largest absolute Gasteiger partial charge is 0.467 e. The second-order valence-corrected chi connectivity index (χ2v) is 8.22. The van der Waals surface area contributed by atoms with Crippen LogP contribution in [-0.2, 0) is 11.2 Å². The van der Waals surface area contributed by atoms with E-state index in [9.17, 15) is 15.3 Å². The van der Waals surface area contributed by atoms with Gasteiger partial charge in [-0.2, -0.15) is 0 Å². The first-order chi connectivity index (χ1) is 13.9. The minimum absolute atomic E-state index is 0.134. The summed E-state index contributed by atoms with van der Waals surface area (Å²) in [7, 11) is 0. The highest BCUT2D eigenvalue weighted by molar-refractivity contribution is 5.45. The fourth-order valence-electron chi connectivity index (χ4n) is 3.93. The summed E-state index contributed by atoms with van der Waals surface area (Å²) >= 11 is 0. The Kier molecular flexibility index (Phi) is 7.30. The maximum absolute atomic E-state index is 10.2. The van der Waals surface area contributed by atoms with E-state index in [0.717, 1.165) is 23.1 Å². The topological polar surface area (TPSA) is 79.2 Å². The predicted molar refractivity (Wildman–Crippen MR) is 112 cm³/mol. The molecule has 2 aromatic carbocycles. The molecule has 2 aromatic rings. The number of benzene rings is 2. The Hall–Kier alpha value is -1.92. The molecule has 29 heavy (non-hydrogen) atoms. The highest BCUT2D eigenvalue weighted by Gasteiger charge is 2.31. The Morgan fingerprint density at radius 1 is 1.10 bits per heavy atom. The van der Waals surface area contributed by atoms with Crippen molar-refractivity contribution in [3.05, 3.63) is 64.2 Å². The van der Waals surface area contributed by atoms with Gasteiger partial charge in [-0.15, -0.1) is 0 Å². The van der Waals surface area contributed by atoms with Crippen molar-refractivity contribution in [2.75, 3.05) is 13.4 Å². The molecule has 1 fully saturated rings. The van der Waals surface area contributed by atoms with E-state index in [2.05, 4.69) is 38.1 Å². The van der Waals surface area contributed by atoms with Crippen molar-refractivity contribution in [2.24, 2.45) is 0 Å². The van der Waals surface area contributed by atoms with Gasteiger partial charge in [-0.25, -0.2) is 0 Å². The first-order valence-corrected chi connectivity index (χ1v) is 10.3. The first-order valence-electron chi connectivity index (χ1n) is 10.3. The molecule has 0 amide bonds. The highest BCUT2D eigenvalue weighted by atomic mass is 16.6. The number of hydrogen-bond acceptors (Lipinski definition) is 5. The maximum Gasteiger partial charge on any atom is 0.186 e. The van der Waals surface area contributed by atoms with E-state index in [1.807, 2.05) is 19.1 Å². The molecule has 3 N–H and O–H groups in total. The van der Waals surface area contributed by atoms with Gasteiger partial charge in [0.15, 0.2) is 6.79 Å². The molecule has 1 aliphatic rings. The number of aliphatic hydroxyl groups excluding tert-OH is 3. The molecule has 3 atom stereocenters. The van der Waals surface area contributed by atoms with E-state index >= 15 is 0 Å². The summed E-state index contributed by atoms with van der Waals surface area (Å²) in [4.78, 5) is 0. The number of aryl methyl sites for hydroxylation is 1. The smallest absolute Gasteiger partial charge is 0.186 e. The Morgan fingerprint density at radius 2 is 1.83 bits per heavy atom. The zero-order valence-corrected chi connectivity index (χ0v) is 17.5. The predicted octanol–water partition coefficient (Wildman–Crippen LogP) is 3.61. The monoisotopic (exact) mass is 400 g/mol. The van der Waals surface area contributed by atoms with Crippen molar-refractivity contribution in [1.29, 1.82) is 0 Å². The molecular formula is C24H32O5. The lowest BCUT2D eigenvalue weighted by Gasteiger charge is -2.33. The summed E-state index contributed by atoms with van der Waals surface area (Å²) in [6, 6.07) is 12.6. The summed E-state index contributed by atoms with van der Waals surface area (Å²) in [5.41, 5.74) is 5.55. The van der Waals surface area contributed by atoms with Gasteiger partial charge in [-0.3, -0.25) is 0 Å². The van der Waals surface area contributed by atoms with Gasteiger partial charge in [-0.05, 0) is 53.6 Å². The lowest BCUT2D eigenvalue weighted by atomic mass is 9.91. The van der Waals surface area contributed by atoms with Gasteiger partial charge in [0.1, 0.15) is 5.75 Å². The average molecular weight is 401 g/mol. The molecule has 3 unspecified atom stereocenters. The number of hydrogen-bond donors (Lipinski definition) is 3. The molecule has 0 aliphatic carbocycles. The number of rotatable bonds is 7. The van der Waals surface area contributed by atoms with Crippen LogP contribution in [0.3, 0.4) is 0 Å². The standard InChI is InChI=1S/C24H32O5/c1-15(2)18-6-4-17(5-7-18)9-19-10-22(23(28-14-26)8-16(19)3)24-12-20(27)11-21(13-25)29-24/h4-8,10,15,20-21,24-27H,9,11-14H2,1-3H3. The van der Waals surface area contributed by atoms with Gasteiger partial charge in [0, 0.05) is 18.4 Å². The molecule has 1 saturated heterocycles. The summed E-state index contributed by atoms with van der Waals surface area (Å²) in [6.07, 6.45) is 0.295. The lowest BCUT2D eigenvalue weighted by molar-refractivity contribution is -0.114. The van der Waals surface area contributed by atoms with Gasteiger partial charge in [-0.1, -0.05) is 38.1 Å².